The van der Waals surface area contributed by atoms with Crippen LogP contribution >= 0.6 is 0 Å². The largest absolute Gasteiger partial charge is 0.354 e. The molecular formula is C17H23N3O. The van der Waals surface area contributed by atoms with Crippen LogP contribution in [0, 0.1) is 17.2 Å². The molecule has 0 spiro atoms. The molecule has 1 heterocycles. The zero-order valence-corrected chi connectivity index (χ0v) is 12.6. The van der Waals surface area contributed by atoms with E-state index in [2.05, 4.69) is 23.2 Å². The van der Waals surface area contributed by atoms with E-state index in [1.807, 2.05) is 30.3 Å². The molecule has 21 heavy (non-hydrogen) atoms. The minimum Gasteiger partial charge on any atom is -0.354 e. The Morgan fingerprint density at radius 1 is 1.33 bits per heavy atom. The summed E-state index contributed by atoms with van der Waals surface area (Å²) in [5.74, 6) is -0.510. The second-order valence-corrected chi connectivity index (χ2v) is 5.83. The van der Waals surface area contributed by atoms with Crippen LogP contribution in [-0.2, 0) is 4.79 Å². The number of nitrogens with one attached hydrogen (secondary N) is 1. The van der Waals surface area contributed by atoms with Gasteiger partial charge in [-0.2, -0.15) is 5.26 Å². The number of benzene rings is 1. The van der Waals surface area contributed by atoms with E-state index >= 15 is 0 Å². The topological polar surface area (TPSA) is 56.1 Å². The molecule has 1 amide bonds. The molecule has 2 unspecified atom stereocenters. The first-order chi connectivity index (χ1) is 10.2. The Labute approximate surface area is 126 Å². The van der Waals surface area contributed by atoms with Crippen LogP contribution in [0.4, 0.5) is 0 Å². The van der Waals surface area contributed by atoms with E-state index in [4.69, 9.17) is 0 Å². The van der Waals surface area contributed by atoms with Crippen molar-refractivity contribution in [3.8, 4) is 6.07 Å². The van der Waals surface area contributed by atoms with Gasteiger partial charge in [0.15, 0.2) is 0 Å². The maximum Gasteiger partial charge on any atom is 0.241 e. The smallest absolute Gasteiger partial charge is 0.241 e. The molecule has 1 aliphatic heterocycles. The van der Waals surface area contributed by atoms with Crippen LogP contribution in [-0.4, -0.2) is 37.0 Å². The quantitative estimate of drug-likeness (QED) is 0.871. The van der Waals surface area contributed by atoms with Crippen molar-refractivity contribution in [2.75, 3.05) is 26.2 Å². The van der Waals surface area contributed by atoms with Crippen LogP contribution in [0.1, 0.15) is 31.2 Å². The molecule has 1 aliphatic rings. The lowest BCUT2D eigenvalue weighted by molar-refractivity contribution is -0.121. The first kappa shape index (κ1) is 15.5. The molecule has 4 nitrogen and oxygen atoms in total. The van der Waals surface area contributed by atoms with Crippen LogP contribution in [0.25, 0.3) is 0 Å². The number of likely N-dealkylation sites (tertiary alicyclic amines) is 1. The highest BCUT2D eigenvalue weighted by atomic mass is 16.1. The van der Waals surface area contributed by atoms with Crippen molar-refractivity contribution in [2.24, 2.45) is 5.92 Å². The summed E-state index contributed by atoms with van der Waals surface area (Å²) in [7, 11) is 0. The summed E-state index contributed by atoms with van der Waals surface area (Å²) in [5.41, 5.74) is 0.754. The predicted octanol–water partition coefficient (Wildman–Crippen LogP) is 2.14. The number of nitrogens with zero attached hydrogens (tertiary/aromatic N) is 2. The highest BCUT2D eigenvalue weighted by Crippen LogP contribution is 2.15. The fraction of sp³-hybridized carbons (Fsp3) is 0.529. The predicted molar refractivity (Wildman–Crippen MR) is 82.6 cm³/mol. The van der Waals surface area contributed by atoms with Gasteiger partial charge in [-0.15, -0.1) is 0 Å². The molecule has 0 bridgehead atoms. The van der Waals surface area contributed by atoms with Crippen molar-refractivity contribution in [3.63, 3.8) is 0 Å². The first-order valence-corrected chi connectivity index (χ1v) is 7.65. The SMILES string of the molecule is CC(CNC(=O)C(C#N)c1ccccc1)CN1CCCC1. The first-order valence-electron chi connectivity index (χ1n) is 7.65. The van der Waals surface area contributed by atoms with E-state index in [-0.39, 0.29) is 5.91 Å². The second kappa shape index (κ2) is 7.80. The molecule has 2 rings (SSSR count). The monoisotopic (exact) mass is 285 g/mol. The van der Waals surface area contributed by atoms with Crippen LogP contribution in [0.5, 0.6) is 0 Å². The standard InChI is InChI=1S/C17H23N3O/c1-14(13-20-9-5-6-10-20)12-19-17(21)16(11-18)15-7-3-2-4-8-15/h2-4,7-8,14,16H,5-6,9-10,12-13H2,1H3,(H,19,21). The average molecular weight is 285 g/mol. The molecule has 4 heteroatoms. The highest BCUT2D eigenvalue weighted by Gasteiger charge is 2.21. The summed E-state index contributed by atoms with van der Waals surface area (Å²) in [6.45, 7) is 6.12. The summed E-state index contributed by atoms with van der Waals surface area (Å²) < 4.78 is 0. The molecule has 1 saturated heterocycles. The van der Waals surface area contributed by atoms with Crippen molar-refractivity contribution < 1.29 is 4.79 Å². The van der Waals surface area contributed by atoms with E-state index in [9.17, 15) is 10.1 Å². The number of carbonyl (C=O) groups is 1. The van der Waals surface area contributed by atoms with Crippen LogP contribution in [0.15, 0.2) is 30.3 Å². The van der Waals surface area contributed by atoms with Gasteiger partial charge in [-0.25, -0.2) is 0 Å². The third-order valence-electron chi connectivity index (χ3n) is 3.92. The average Bonchev–Trinajstić information content (AvgIpc) is 3.00. The Morgan fingerprint density at radius 2 is 2.00 bits per heavy atom. The maximum atomic E-state index is 12.2. The van der Waals surface area contributed by atoms with Crippen molar-refractivity contribution in [1.29, 1.82) is 5.26 Å². The van der Waals surface area contributed by atoms with Crippen molar-refractivity contribution in [3.05, 3.63) is 35.9 Å². The van der Waals surface area contributed by atoms with E-state index < -0.39 is 5.92 Å². The molecule has 1 aromatic carbocycles. The van der Waals surface area contributed by atoms with Crippen molar-refractivity contribution >= 4 is 5.91 Å². The van der Waals surface area contributed by atoms with Crippen LogP contribution in [0.3, 0.4) is 0 Å². The number of nitriles is 1. The van der Waals surface area contributed by atoms with Crippen LogP contribution in [0.2, 0.25) is 0 Å². The van der Waals surface area contributed by atoms with Gasteiger partial charge in [0, 0.05) is 13.1 Å². The van der Waals surface area contributed by atoms with Gasteiger partial charge in [-0.1, -0.05) is 37.3 Å². The Hall–Kier alpha value is -1.86. The normalized spacial score (nSPS) is 17.9. The summed E-state index contributed by atoms with van der Waals surface area (Å²) in [4.78, 5) is 14.6. The molecule has 0 saturated carbocycles. The van der Waals surface area contributed by atoms with E-state index in [0.717, 1.165) is 12.1 Å². The minimum atomic E-state index is -0.717. The number of hydrogen-bond acceptors (Lipinski definition) is 3. The van der Waals surface area contributed by atoms with Crippen LogP contribution < -0.4 is 5.32 Å². The molecule has 112 valence electrons. The fourth-order valence-electron chi connectivity index (χ4n) is 2.78. The zero-order valence-electron chi connectivity index (χ0n) is 12.6. The Kier molecular flexibility index (Phi) is 5.77. The van der Waals surface area contributed by atoms with Crippen molar-refractivity contribution in [1.82, 2.24) is 10.2 Å². The van der Waals surface area contributed by atoms with Gasteiger partial charge >= 0.3 is 0 Å². The second-order valence-electron chi connectivity index (χ2n) is 5.83. The van der Waals surface area contributed by atoms with Gasteiger partial charge in [-0.05, 0) is 37.4 Å². The summed E-state index contributed by atoms with van der Waals surface area (Å²) in [6.07, 6.45) is 2.56. The fourth-order valence-corrected chi connectivity index (χ4v) is 2.78. The highest BCUT2D eigenvalue weighted by molar-refractivity contribution is 5.86. The van der Waals surface area contributed by atoms with Crippen molar-refractivity contribution in [2.45, 2.75) is 25.7 Å². The molecule has 1 N–H and O–H groups in total. The molecule has 2 atom stereocenters. The number of hydrogen-bond donors (Lipinski definition) is 1. The Balaban J connectivity index is 1.81. The van der Waals surface area contributed by atoms with Gasteiger partial charge in [0.1, 0.15) is 5.92 Å². The Morgan fingerprint density at radius 3 is 2.62 bits per heavy atom. The van der Waals surface area contributed by atoms with E-state index in [1.165, 1.54) is 25.9 Å². The molecule has 0 aromatic heterocycles. The molecule has 1 aromatic rings. The maximum absolute atomic E-state index is 12.2. The molecular weight excluding hydrogens is 262 g/mol. The van der Waals surface area contributed by atoms with Gasteiger partial charge < -0.3 is 10.2 Å². The lowest BCUT2D eigenvalue weighted by Crippen LogP contribution is -2.36. The van der Waals surface area contributed by atoms with Gasteiger partial charge in [0.05, 0.1) is 6.07 Å². The number of amides is 1. The Bertz CT molecular complexity index is 489. The van der Waals surface area contributed by atoms with Gasteiger partial charge in [-0.3, -0.25) is 4.79 Å². The number of carbonyl (C=O) groups excluding carboxylic acids is 1. The van der Waals surface area contributed by atoms with Gasteiger partial charge in [0.25, 0.3) is 0 Å². The third-order valence-corrected chi connectivity index (χ3v) is 3.92. The molecule has 0 radical (unpaired) electrons. The van der Waals surface area contributed by atoms with E-state index in [0.29, 0.717) is 12.5 Å². The lowest BCUT2D eigenvalue weighted by atomic mass is 9.99. The lowest BCUT2D eigenvalue weighted by Gasteiger charge is -2.21. The molecule has 1 fully saturated rings. The zero-order chi connectivity index (χ0) is 15.1. The minimum absolute atomic E-state index is 0.197. The molecule has 0 aliphatic carbocycles. The summed E-state index contributed by atoms with van der Waals surface area (Å²) >= 11 is 0. The van der Waals surface area contributed by atoms with Gasteiger partial charge in [0.2, 0.25) is 5.91 Å². The summed E-state index contributed by atoms with van der Waals surface area (Å²) in [6, 6.07) is 11.3. The number of rotatable bonds is 6. The summed E-state index contributed by atoms with van der Waals surface area (Å²) in [5, 5.41) is 12.1. The van der Waals surface area contributed by atoms with E-state index in [1.54, 1.807) is 0 Å². The third kappa shape index (κ3) is 4.57.